The first kappa shape index (κ1) is 15.4. The molecule has 0 radical (unpaired) electrons. The van der Waals surface area contributed by atoms with Gasteiger partial charge in [-0.2, -0.15) is 0 Å². The molecule has 1 aromatic carbocycles. The fourth-order valence-electron chi connectivity index (χ4n) is 3.22. The van der Waals surface area contributed by atoms with E-state index in [1.54, 1.807) is 0 Å². The molecule has 2 N–H and O–H groups in total. The summed E-state index contributed by atoms with van der Waals surface area (Å²) < 4.78 is 4.83. The summed E-state index contributed by atoms with van der Waals surface area (Å²) in [4.78, 5) is 0. The first-order valence-corrected chi connectivity index (χ1v) is 7.81. The van der Waals surface area contributed by atoms with Crippen LogP contribution in [0.4, 0.5) is 0 Å². The van der Waals surface area contributed by atoms with E-state index in [9.17, 15) is 0 Å². The second kappa shape index (κ2) is 7.70. The van der Waals surface area contributed by atoms with Crippen LogP contribution < -0.4 is 4.65 Å². The fourth-order valence-corrected chi connectivity index (χ4v) is 3.22. The number of unbranched alkanes of at least 4 members (excludes halogenated alkanes) is 1. The maximum atomic E-state index is 8.76. The van der Waals surface area contributed by atoms with Crippen molar-refractivity contribution in [1.29, 1.82) is 0 Å². The van der Waals surface area contributed by atoms with Gasteiger partial charge in [-0.15, -0.1) is 0 Å². The Hall–Kier alpha value is -0.995. The lowest BCUT2D eigenvalue weighted by Crippen LogP contribution is -2.20. The van der Waals surface area contributed by atoms with Crippen LogP contribution in [0.15, 0.2) is 24.3 Å². The van der Waals surface area contributed by atoms with Crippen LogP contribution in [0.25, 0.3) is 0 Å². The van der Waals surface area contributed by atoms with E-state index in [2.05, 4.69) is 19.1 Å². The zero-order chi connectivity index (χ0) is 14.4. The lowest BCUT2D eigenvalue weighted by molar-refractivity contribution is 0.288. The van der Waals surface area contributed by atoms with Crippen molar-refractivity contribution in [3.05, 3.63) is 29.8 Å². The number of hydrogen-bond donors (Lipinski definition) is 2. The summed E-state index contributed by atoms with van der Waals surface area (Å²) in [5.74, 6) is 2.08. The minimum atomic E-state index is -1.74. The Bertz CT molecular complexity index is 383. The highest BCUT2D eigenvalue weighted by Crippen LogP contribution is 2.38. The average molecular weight is 276 g/mol. The Morgan fingerprint density at radius 3 is 2.30 bits per heavy atom. The Labute approximate surface area is 122 Å². The highest BCUT2D eigenvalue weighted by molar-refractivity contribution is 6.33. The SMILES string of the molecule is CCCCC1CCC(c2ccc(OB(O)O)cc2)CC1. The molecule has 0 saturated heterocycles. The highest BCUT2D eigenvalue weighted by Gasteiger charge is 2.22. The van der Waals surface area contributed by atoms with Crippen molar-refractivity contribution in [2.45, 2.75) is 57.8 Å². The lowest BCUT2D eigenvalue weighted by atomic mass is 9.77. The molecule has 110 valence electrons. The van der Waals surface area contributed by atoms with E-state index >= 15 is 0 Å². The Morgan fingerprint density at radius 1 is 1.10 bits per heavy atom. The summed E-state index contributed by atoms with van der Waals surface area (Å²) in [7, 11) is -1.74. The number of hydrogen-bond acceptors (Lipinski definition) is 3. The zero-order valence-corrected chi connectivity index (χ0v) is 12.3. The van der Waals surface area contributed by atoms with Gasteiger partial charge >= 0.3 is 7.32 Å². The van der Waals surface area contributed by atoms with Crippen molar-refractivity contribution in [1.82, 2.24) is 0 Å². The zero-order valence-electron chi connectivity index (χ0n) is 12.3. The third kappa shape index (κ3) is 4.53. The molecule has 1 aromatic rings. The summed E-state index contributed by atoms with van der Waals surface area (Å²) in [5, 5.41) is 17.5. The fraction of sp³-hybridized carbons (Fsp3) is 0.625. The van der Waals surface area contributed by atoms with Crippen LogP contribution in [0, 0.1) is 5.92 Å². The predicted molar refractivity (Wildman–Crippen MR) is 81.5 cm³/mol. The van der Waals surface area contributed by atoms with Gasteiger partial charge in [0.2, 0.25) is 0 Å². The van der Waals surface area contributed by atoms with E-state index in [1.807, 2.05) is 12.1 Å². The molecule has 0 aromatic heterocycles. The summed E-state index contributed by atoms with van der Waals surface area (Å²) in [5.41, 5.74) is 1.35. The molecule has 1 aliphatic carbocycles. The van der Waals surface area contributed by atoms with Crippen LogP contribution in [-0.4, -0.2) is 17.4 Å². The minimum absolute atomic E-state index is 0.500. The molecule has 0 spiro atoms. The van der Waals surface area contributed by atoms with Crippen molar-refractivity contribution in [3.63, 3.8) is 0 Å². The van der Waals surface area contributed by atoms with E-state index in [1.165, 1.54) is 50.5 Å². The molecule has 0 atom stereocenters. The molecular formula is C16H25BO3. The molecule has 0 aliphatic heterocycles. The molecular weight excluding hydrogens is 251 g/mol. The van der Waals surface area contributed by atoms with Gasteiger partial charge in [0.25, 0.3) is 0 Å². The molecule has 0 unspecified atom stereocenters. The highest BCUT2D eigenvalue weighted by atomic mass is 16.6. The molecule has 20 heavy (non-hydrogen) atoms. The molecule has 0 bridgehead atoms. The van der Waals surface area contributed by atoms with Crippen LogP contribution in [0.3, 0.4) is 0 Å². The monoisotopic (exact) mass is 276 g/mol. The first-order valence-electron chi connectivity index (χ1n) is 7.81. The smallest absolute Gasteiger partial charge is 0.512 e. The Kier molecular flexibility index (Phi) is 5.93. The normalized spacial score (nSPS) is 22.6. The van der Waals surface area contributed by atoms with Crippen LogP contribution in [-0.2, 0) is 0 Å². The second-order valence-corrected chi connectivity index (χ2v) is 5.87. The van der Waals surface area contributed by atoms with Crippen molar-refractivity contribution >= 4 is 7.32 Å². The van der Waals surface area contributed by atoms with Crippen LogP contribution in [0.2, 0.25) is 0 Å². The molecule has 0 amide bonds. The Balaban J connectivity index is 1.84. The third-order valence-corrected chi connectivity index (χ3v) is 4.41. The average Bonchev–Trinajstić information content (AvgIpc) is 2.46. The molecule has 3 nitrogen and oxygen atoms in total. The van der Waals surface area contributed by atoms with Gasteiger partial charge in [-0.25, -0.2) is 0 Å². The van der Waals surface area contributed by atoms with Crippen molar-refractivity contribution in [3.8, 4) is 5.75 Å². The maximum Gasteiger partial charge on any atom is 0.707 e. The van der Waals surface area contributed by atoms with Gasteiger partial charge in [-0.3, -0.25) is 0 Å². The molecule has 2 rings (SSSR count). The third-order valence-electron chi connectivity index (χ3n) is 4.41. The Morgan fingerprint density at radius 2 is 1.75 bits per heavy atom. The van der Waals surface area contributed by atoms with Gasteiger partial charge in [0.15, 0.2) is 0 Å². The van der Waals surface area contributed by atoms with Crippen LogP contribution in [0.1, 0.15) is 63.4 Å². The van der Waals surface area contributed by atoms with Crippen molar-refractivity contribution < 1.29 is 14.7 Å². The van der Waals surface area contributed by atoms with Gasteiger partial charge in [0.05, 0.1) is 0 Å². The van der Waals surface area contributed by atoms with Gasteiger partial charge < -0.3 is 14.7 Å². The topological polar surface area (TPSA) is 49.7 Å². The van der Waals surface area contributed by atoms with Crippen molar-refractivity contribution in [2.24, 2.45) is 5.92 Å². The lowest BCUT2D eigenvalue weighted by Gasteiger charge is -2.28. The van der Waals surface area contributed by atoms with Crippen LogP contribution >= 0.6 is 0 Å². The van der Waals surface area contributed by atoms with Gasteiger partial charge in [-0.1, -0.05) is 38.3 Å². The minimum Gasteiger partial charge on any atom is -0.512 e. The van der Waals surface area contributed by atoms with Gasteiger partial charge in [0, 0.05) is 0 Å². The molecule has 1 fully saturated rings. The van der Waals surface area contributed by atoms with Crippen LogP contribution in [0.5, 0.6) is 5.75 Å². The van der Waals surface area contributed by atoms with Gasteiger partial charge in [-0.05, 0) is 55.2 Å². The predicted octanol–water partition coefficient (Wildman–Crippen LogP) is 3.50. The van der Waals surface area contributed by atoms with E-state index in [4.69, 9.17) is 14.7 Å². The largest absolute Gasteiger partial charge is 0.707 e. The van der Waals surface area contributed by atoms with Gasteiger partial charge in [0.1, 0.15) is 5.75 Å². The van der Waals surface area contributed by atoms with E-state index in [0.717, 1.165) is 5.92 Å². The maximum absolute atomic E-state index is 8.76. The number of benzene rings is 1. The van der Waals surface area contributed by atoms with E-state index in [-0.39, 0.29) is 0 Å². The molecule has 1 saturated carbocycles. The standard InChI is InChI=1S/C16H25BO3/c1-2-3-4-13-5-7-14(8-6-13)15-9-11-16(12-10-15)20-17(18)19/h9-14,18-19H,2-8H2,1H3. The number of rotatable bonds is 6. The molecule has 0 heterocycles. The molecule has 1 aliphatic rings. The summed E-state index contributed by atoms with van der Waals surface area (Å²) in [6.45, 7) is 2.26. The quantitative estimate of drug-likeness (QED) is 0.782. The van der Waals surface area contributed by atoms with E-state index in [0.29, 0.717) is 11.7 Å². The summed E-state index contributed by atoms with van der Waals surface area (Å²) in [6, 6.07) is 7.74. The summed E-state index contributed by atoms with van der Waals surface area (Å²) >= 11 is 0. The summed E-state index contributed by atoms with van der Waals surface area (Å²) in [6.07, 6.45) is 9.30. The first-order chi connectivity index (χ1) is 9.69. The second-order valence-electron chi connectivity index (χ2n) is 5.87. The molecule has 4 heteroatoms. The van der Waals surface area contributed by atoms with E-state index < -0.39 is 7.32 Å². The van der Waals surface area contributed by atoms with Crippen molar-refractivity contribution in [2.75, 3.05) is 0 Å².